The van der Waals surface area contributed by atoms with E-state index >= 15 is 0 Å². The maximum atomic E-state index is 12.6. The molecule has 1 aromatic carbocycles. The lowest BCUT2D eigenvalue weighted by molar-refractivity contribution is 0.0648. The summed E-state index contributed by atoms with van der Waals surface area (Å²) < 4.78 is 0. The zero-order valence-electron chi connectivity index (χ0n) is 12.7. The van der Waals surface area contributed by atoms with Crippen LogP contribution in [0.15, 0.2) is 18.2 Å². The van der Waals surface area contributed by atoms with E-state index < -0.39 is 0 Å². The molecule has 0 atom stereocenters. The lowest BCUT2D eigenvalue weighted by atomic mass is 10.0. The number of amides is 1. The molecule has 110 valence electrons. The number of rotatable bonds is 3. The van der Waals surface area contributed by atoms with Gasteiger partial charge in [-0.25, -0.2) is 0 Å². The summed E-state index contributed by atoms with van der Waals surface area (Å²) in [5.41, 5.74) is 8.21. The van der Waals surface area contributed by atoms with E-state index in [1.807, 2.05) is 37.1 Å². The van der Waals surface area contributed by atoms with Crippen LogP contribution in [0, 0.1) is 6.92 Å². The van der Waals surface area contributed by atoms with Crippen LogP contribution in [0.2, 0.25) is 0 Å². The van der Waals surface area contributed by atoms with Gasteiger partial charge in [0.05, 0.1) is 5.56 Å². The molecule has 1 aliphatic heterocycles. The highest BCUT2D eigenvalue weighted by molar-refractivity contribution is 5.99. The van der Waals surface area contributed by atoms with Gasteiger partial charge in [-0.3, -0.25) is 4.79 Å². The van der Waals surface area contributed by atoms with Gasteiger partial charge in [-0.1, -0.05) is 18.6 Å². The Hall–Kier alpha value is -1.55. The van der Waals surface area contributed by atoms with E-state index in [-0.39, 0.29) is 5.91 Å². The molecule has 1 saturated heterocycles. The summed E-state index contributed by atoms with van der Waals surface area (Å²) in [6.07, 6.45) is 2.09. The minimum atomic E-state index is 0.0427. The van der Waals surface area contributed by atoms with Crippen LogP contribution >= 0.6 is 0 Å². The number of hydrogen-bond acceptors (Lipinski definition) is 3. The average molecular weight is 275 g/mol. The summed E-state index contributed by atoms with van der Waals surface area (Å²) in [5.74, 6) is 0.0427. The quantitative estimate of drug-likeness (QED) is 0.860. The third-order valence-corrected chi connectivity index (χ3v) is 4.31. The normalized spacial score (nSPS) is 17.1. The highest BCUT2D eigenvalue weighted by atomic mass is 16.2. The topological polar surface area (TPSA) is 49.6 Å². The molecule has 2 rings (SSSR count). The summed E-state index contributed by atoms with van der Waals surface area (Å²) in [4.78, 5) is 16.9. The lowest BCUT2D eigenvalue weighted by Crippen LogP contribution is -2.45. The molecule has 1 aromatic rings. The fraction of sp³-hybridized carbons (Fsp3) is 0.562. The van der Waals surface area contributed by atoms with Crippen molar-refractivity contribution in [2.75, 3.05) is 32.4 Å². The molecule has 1 heterocycles. The summed E-state index contributed by atoms with van der Waals surface area (Å²) in [6.45, 7) is 7.40. The van der Waals surface area contributed by atoms with E-state index in [1.54, 1.807) is 0 Å². The van der Waals surface area contributed by atoms with Crippen molar-refractivity contribution in [2.24, 2.45) is 0 Å². The van der Waals surface area contributed by atoms with Crippen LogP contribution in [0.4, 0.5) is 5.69 Å². The molecule has 2 N–H and O–H groups in total. The number of carbonyl (C=O) groups is 1. The van der Waals surface area contributed by atoms with Crippen molar-refractivity contribution >= 4 is 11.6 Å². The molecule has 0 unspecified atom stereocenters. The molecular weight excluding hydrogens is 250 g/mol. The fourth-order valence-corrected chi connectivity index (χ4v) is 2.83. The van der Waals surface area contributed by atoms with Gasteiger partial charge in [0.2, 0.25) is 0 Å². The van der Waals surface area contributed by atoms with Gasteiger partial charge in [-0.05, 0) is 38.4 Å². The molecule has 0 radical (unpaired) electrons. The van der Waals surface area contributed by atoms with Gasteiger partial charge in [-0.15, -0.1) is 0 Å². The van der Waals surface area contributed by atoms with Gasteiger partial charge < -0.3 is 15.5 Å². The summed E-state index contributed by atoms with van der Waals surface area (Å²) in [6, 6.07) is 5.96. The Morgan fingerprint density at radius 1 is 1.40 bits per heavy atom. The van der Waals surface area contributed by atoms with E-state index in [1.165, 1.54) is 0 Å². The highest BCUT2D eigenvalue weighted by Crippen LogP contribution is 2.21. The lowest BCUT2D eigenvalue weighted by Gasteiger charge is -2.36. The molecule has 0 spiro atoms. The molecule has 4 nitrogen and oxygen atoms in total. The van der Waals surface area contributed by atoms with Gasteiger partial charge in [-0.2, -0.15) is 0 Å². The second kappa shape index (κ2) is 6.27. The minimum Gasteiger partial charge on any atom is -0.398 e. The van der Waals surface area contributed by atoms with Crippen LogP contribution < -0.4 is 5.73 Å². The highest BCUT2D eigenvalue weighted by Gasteiger charge is 2.26. The third-order valence-electron chi connectivity index (χ3n) is 4.31. The van der Waals surface area contributed by atoms with Crippen LogP contribution in [0.5, 0.6) is 0 Å². The van der Waals surface area contributed by atoms with Crippen molar-refractivity contribution < 1.29 is 4.79 Å². The molecule has 0 saturated carbocycles. The standard InChI is InChI=1S/C16H25N3O/c1-4-19-9-7-13(8-10-19)18(3)16(20)14-11-12(2)5-6-15(14)17/h5-6,11,13H,4,7-10,17H2,1-3H3. The van der Waals surface area contributed by atoms with E-state index in [2.05, 4.69) is 11.8 Å². The summed E-state index contributed by atoms with van der Waals surface area (Å²) in [7, 11) is 1.90. The monoisotopic (exact) mass is 275 g/mol. The molecule has 0 aliphatic carbocycles. The van der Waals surface area contributed by atoms with Gasteiger partial charge in [0.15, 0.2) is 0 Å². The molecule has 1 amide bonds. The Morgan fingerprint density at radius 2 is 2.05 bits per heavy atom. The first kappa shape index (κ1) is 14.9. The molecule has 0 bridgehead atoms. The Bertz CT molecular complexity index is 479. The van der Waals surface area contributed by atoms with E-state index in [0.29, 0.717) is 17.3 Å². The SMILES string of the molecule is CCN1CCC(N(C)C(=O)c2cc(C)ccc2N)CC1. The second-order valence-electron chi connectivity index (χ2n) is 5.67. The number of nitrogen functional groups attached to an aromatic ring is 1. The van der Waals surface area contributed by atoms with Crippen LogP contribution in [0.3, 0.4) is 0 Å². The first-order valence-electron chi connectivity index (χ1n) is 7.38. The van der Waals surface area contributed by atoms with E-state index in [4.69, 9.17) is 5.73 Å². The zero-order chi connectivity index (χ0) is 14.7. The van der Waals surface area contributed by atoms with E-state index in [0.717, 1.165) is 38.0 Å². The first-order chi connectivity index (χ1) is 9.52. The second-order valence-corrected chi connectivity index (χ2v) is 5.67. The Kier molecular flexibility index (Phi) is 4.65. The number of likely N-dealkylation sites (tertiary alicyclic amines) is 1. The van der Waals surface area contributed by atoms with Gasteiger partial charge >= 0.3 is 0 Å². The van der Waals surface area contributed by atoms with Crippen molar-refractivity contribution in [3.8, 4) is 0 Å². The van der Waals surface area contributed by atoms with Crippen LogP contribution in [-0.2, 0) is 0 Å². The van der Waals surface area contributed by atoms with Crippen molar-refractivity contribution in [1.82, 2.24) is 9.80 Å². The predicted octanol–water partition coefficient (Wildman–Crippen LogP) is 2.13. The number of carbonyl (C=O) groups excluding carboxylic acids is 1. The molecule has 4 heteroatoms. The van der Waals surface area contributed by atoms with Crippen molar-refractivity contribution in [3.05, 3.63) is 29.3 Å². The smallest absolute Gasteiger partial charge is 0.255 e. The number of aryl methyl sites for hydroxylation is 1. The number of nitrogens with zero attached hydrogens (tertiary/aromatic N) is 2. The van der Waals surface area contributed by atoms with Crippen molar-refractivity contribution in [3.63, 3.8) is 0 Å². The summed E-state index contributed by atoms with van der Waals surface area (Å²) in [5, 5.41) is 0. The number of anilines is 1. The zero-order valence-corrected chi connectivity index (χ0v) is 12.7. The first-order valence-corrected chi connectivity index (χ1v) is 7.38. The Morgan fingerprint density at radius 3 is 2.65 bits per heavy atom. The van der Waals surface area contributed by atoms with Gasteiger partial charge in [0.1, 0.15) is 0 Å². The maximum Gasteiger partial charge on any atom is 0.255 e. The Balaban J connectivity index is 2.07. The van der Waals surface area contributed by atoms with Crippen molar-refractivity contribution in [2.45, 2.75) is 32.7 Å². The van der Waals surface area contributed by atoms with E-state index in [9.17, 15) is 4.79 Å². The molecule has 20 heavy (non-hydrogen) atoms. The average Bonchev–Trinajstić information content (AvgIpc) is 2.48. The number of hydrogen-bond donors (Lipinski definition) is 1. The van der Waals surface area contributed by atoms with Crippen molar-refractivity contribution in [1.29, 1.82) is 0 Å². The number of nitrogens with two attached hydrogens (primary N) is 1. The number of benzene rings is 1. The van der Waals surface area contributed by atoms with Crippen LogP contribution in [0.1, 0.15) is 35.7 Å². The number of piperidine rings is 1. The van der Waals surface area contributed by atoms with Crippen LogP contribution in [-0.4, -0.2) is 48.4 Å². The third kappa shape index (κ3) is 3.12. The molecule has 1 aliphatic rings. The fourth-order valence-electron chi connectivity index (χ4n) is 2.83. The maximum absolute atomic E-state index is 12.6. The summed E-state index contributed by atoms with van der Waals surface area (Å²) >= 11 is 0. The minimum absolute atomic E-state index is 0.0427. The predicted molar refractivity (Wildman–Crippen MR) is 82.8 cm³/mol. The molecule has 1 fully saturated rings. The Labute approximate surface area is 121 Å². The molecular formula is C16H25N3O. The largest absolute Gasteiger partial charge is 0.398 e. The van der Waals surface area contributed by atoms with Crippen LogP contribution in [0.25, 0.3) is 0 Å². The molecule has 0 aromatic heterocycles. The van der Waals surface area contributed by atoms with Gasteiger partial charge in [0, 0.05) is 31.9 Å². The van der Waals surface area contributed by atoms with Gasteiger partial charge in [0.25, 0.3) is 5.91 Å².